The zero-order valence-electron chi connectivity index (χ0n) is 13.5. The Balaban J connectivity index is 1.97. The van der Waals surface area contributed by atoms with E-state index in [1.165, 1.54) is 18.6 Å². The maximum atomic E-state index is 13.2. The Kier molecular flexibility index (Phi) is 4.89. The van der Waals surface area contributed by atoms with Crippen LogP contribution < -0.4 is 4.90 Å². The van der Waals surface area contributed by atoms with Crippen molar-refractivity contribution in [3.8, 4) is 0 Å². The molecule has 26 heavy (non-hydrogen) atoms. The van der Waals surface area contributed by atoms with Crippen molar-refractivity contribution in [3.63, 3.8) is 0 Å². The topological polar surface area (TPSA) is 83.4 Å². The second-order valence-electron chi connectivity index (χ2n) is 5.95. The summed E-state index contributed by atoms with van der Waals surface area (Å²) in [4.78, 5) is 8.66. The van der Waals surface area contributed by atoms with Crippen LogP contribution >= 0.6 is 0 Å². The van der Waals surface area contributed by atoms with Gasteiger partial charge in [0, 0.05) is 12.7 Å². The van der Waals surface area contributed by atoms with E-state index >= 15 is 0 Å². The maximum Gasteiger partial charge on any atom is 0.417 e. The van der Waals surface area contributed by atoms with Crippen molar-refractivity contribution in [2.45, 2.75) is 28.8 Å². The van der Waals surface area contributed by atoms with E-state index < -0.39 is 37.8 Å². The first-order chi connectivity index (χ1) is 12.2. The molecule has 1 aliphatic rings. The number of hydrogen-bond donors (Lipinski definition) is 1. The average Bonchev–Trinajstić information content (AvgIpc) is 3.07. The standard InChI is InChI=1S/C16H16F3N3O3S/c17-16(18,19)13-3-1-2-4-14(13)26(24,25)12-7-11(9-23)22(8-12)15-5-6-20-10-21-15/h1-6,10-12,23H,7-9H2/t11-,12+/m1/s1. The summed E-state index contributed by atoms with van der Waals surface area (Å²) < 4.78 is 65.5. The Labute approximate surface area is 148 Å². The van der Waals surface area contributed by atoms with Crippen LogP contribution in [0.4, 0.5) is 19.0 Å². The zero-order valence-corrected chi connectivity index (χ0v) is 14.3. The molecular weight excluding hydrogens is 371 g/mol. The Bertz CT molecular complexity index is 875. The van der Waals surface area contributed by atoms with Gasteiger partial charge in [0.1, 0.15) is 12.1 Å². The van der Waals surface area contributed by atoms with Crippen molar-refractivity contribution in [1.82, 2.24) is 9.97 Å². The van der Waals surface area contributed by atoms with Gasteiger partial charge >= 0.3 is 6.18 Å². The highest BCUT2D eigenvalue weighted by Gasteiger charge is 2.44. The number of aliphatic hydroxyl groups excluding tert-OH is 1. The summed E-state index contributed by atoms with van der Waals surface area (Å²) in [7, 11) is -4.25. The van der Waals surface area contributed by atoms with Gasteiger partial charge in [0.05, 0.1) is 28.4 Å². The number of aromatic nitrogens is 2. The largest absolute Gasteiger partial charge is 0.417 e. The molecule has 3 rings (SSSR count). The predicted octanol–water partition coefficient (Wildman–Crippen LogP) is 1.91. The maximum absolute atomic E-state index is 13.2. The van der Waals surface area contributed by atoms with Gasteiger partial charge in [-0.2, -0.15) is 13.2 Å². The third-order valence-electron chi connectivity index (χ3n) is 4.39. The SMILES string of the molecule is O=S(=O)(c1ccccc1C(F)(F)F)[C@H]1C[C@H](CO)N(c2ccncn2)C1. The third-order valence-corrected chi connectivity index (χ3v) is 6.57. The fourth-order valence-electron chi connectivity index (χ4n) is 3.13. The van der Waals surface area contributed by atoms with E-state index in [2.05, 4.69) is 9.97 Å². The minimum atomic E-state index is -4.77. The van der Waals surface area contributed by atoms with Gasteiger partial charge in [0.15, 0.2) is 9.84 Å². The number of aliphatic hydroxyl groups is 1. The molecule has 0 unspecified atom stereocenters. The molecule has 1 saturated heterocycles. The van der Waals surface area contributed by atoms with E-state index in [1.807, 2.05) is 0 Å². The van der Waals surface area contributed by atoms with Crippen LogP contribution in [0, 0.1) is 0 Å². The summed E-state index contributed by atoms with van der Waals surface area (Å²) in [6, 6.07) is 5.15. The van der Waals surface area contributed by atoms with Crippen molar-refractivity contribution in [1.29, 1.82) is 0 Å². The minimum absolute atomic E-state index is 0.00896. The van der Waals surface area contributed by atoms with Gasteiger partial charge in [-0.05, 0) is 24.6 Å². The molecule has 1 N–H and O–H groups in total. The average molecular weight is 387 g/mol. The molecule has 140 valence electrons. The van der Waals surface area contributed by atoms with Crippen LogP contribution in [0.1, 0.15) is 12.0 Å². The Morgan fingerprint density at radius 3 is 2.58 bits per heavy atom. The first-order valence-corrected chi connectivity index (χ1v) is 9.33. The van der Waals surface area contributed by atoms with E-state index in [1.54, 1.807) is 11.0 Å². The number of halogens is 3. The van der Waals surface area contributed by atoms with Crippen LogP contribution in [0.3, 0.4) is 0 Å². The number of benzene rings is 1. The fraction of sp³-hybridized carbons (Fsp3) is 0.375. The number of anilines is 1. The third kappa shape index (κ3) is 3.38. The molecule has 0 amide bonds. The molecule has 0 bridgehead atoms. The molecule has 1 aliphatic heterocycles. The minimum Gasteiger partial charge on any atom is -0.394 e. The quantitative estimate of drug-likeness (QED) is 0.863. The highest BCUT2D eigenvalue weighted by atomic mass is 32.2. The lowest BCUT2D eigenvalue weighted by atomic mass is 10.2. The number of sulfone groups is 1. The van der Waals surface area contributed by atoms with E-state index in [4.69, 9.17) is 0 Å². The molecule has 2 atom stereocenters. The van der Waals surface area contributed by atoms with Crippen molar-refractivity contribution >= 4 is 15.7 Å². The molecule has 0 saturated carbocycles. The normalized spacial score (nSPS) is 21.2. The first kappa shape index (κ1) is 18.6. The van der Waals surface area contributed by atoms with Crippen molar-refractivity contribution in [2.24, 2.45) is 0 Å². The Morgan fingerprint density at radius 2 is 1.96 bits per heavy atom. The van der Waals surface area contributed by atoms with Crippen LogP contribution in [-0.2, 0) is 16.0 Å². The Morgan fingerprint density at radius 1 is 1.23 bits per heavy atom. The van der Waals surface area contributed by atoms with Crippen LogP contribution in [0.2, 0.25) is 0 Å². The summed E-state index contributed by atoms with van der Waals surface area (Å²) >= 11 is 0. The molecule has 2 aromatic rings. The van der Waals surface area contributed by atoms with Crippen molar-refractivity contribution < 1.29 is 26.7 Å². The van der Waals surface area contributed by atoms with Crippen LogP contribution in [0.25, 0.3) is 0 Å². The summed E-state index contributed by atoms with van der Waals surface area (Å²) in [6.07, 6.45) is -2.01. The lowest BCUT2D eigenvalue weighted by Crippen LogP contribution is -2.33. The molecule has 0 aliphatic carbocycles. The molecular formula is C16H16F3N3O3S. The van der Waals surface area contributed by atoms with Crippen molar-refractivity contribution in [2.75, 3.05) is 18.1 Å². The summed E-state index contributed by atoms with van der Waals surface area (Å²) in [5.74, 6) is 0.417. The van der Waals surface area contributed by atoms with E-state index in [-0.39, 0.29) is 19.6 Å². The lowest BCUT2D eigenvalue weighted by Gasteiger charge is -2.23. The number of nitrogens with zero attached hydrogens (tertiary/aromatic N) is 3. The van der Waals surface area contributed by atoms with Gasteiger partial charge < -0.3 is 10.0 Å². The lowest BCUT2D eigenvalue weighted by molar-refractivity contribution is -0.139. The van der Waals surface area contributed by atoms with Gasteiger partial charge in [-0.25, -0.2) is 18.4 Å². The highest BCUT2D eigenvalue weighted by molar-refractivity contribution is 7.92. The van der Waals surface area contributed by atoms with Crippen LogP contribution in [-0.4, -0.2) is 47.9 Å². The molecule has 1 aromatic heterocycles. The van der Waals surface area contributed by atoms with Gasteiger partial charge in [0.2, 0.25) is 0 Å². The van der Waals surface area contributed by atoms with Gasteiger partial charge in [-0.3, -0.25) is 0 Å². The summed E-state index contributed by atoms with van der Waals surface area (Å²) in [6.45, 7) is -0.395. The second-order valence-corrected chi connectivity index (χ2v) is 8.15. The number of rotatable bonds is 4. The van der Waals surface area contributed by atoms with Gasteiger partial charge in [0.25, 0.3) is 0 Å². The van der Waals surface area contributed by atoms with Crippen molar-refractivity contribution in [3.05, 3.63) is 48.4 Å². The Hall–Kier alpha value is -2.20. The molecule has 6 nitrogen and oxygen atoms in total. The number of hydrogen-bond acceptors (Lipinski definition) is 6. The first-order valence-electron chi connectivity index (χ1n) is 7.78. The molecule has 1 aromatic carbocycles. The second kappa shape index (κ2) is 6.84. The van der Waals surface area contributed by atoms with Gasteiger partial charge in [-0.1, -0.05) is 12.1 Å². The van der Waals surface area contributed by atoms with Crippen LogP contribution in [0.15, 0.2) is 47.8 Å². The molecule has 2 heterocycles. The monoisotopic (exact) mass is 387 g/mol. The van der Waals surface area contributed by atoms with E-state index in [0.717, 1.165) is 18.2 Å². The zero-order chi connectivity index (χ0) is 18.9. The van der Waals surface area contributed by atoms with Crippen LogP contribution in [0.5, 0.6) is 0 Å². The highest BCUT2D eigenvalue weighted by Crippen LogP contribution is 2.38. The summed E-state index contributed by atoms with van der Waals surface area (Å²) in [5, 5.41) is 8.49. The fourth-order valence-corrected chi connectivity index (χ4v) is 5.08. The molecule has 0 spiro atoms. The van der Waals surface area contributed by atoms with E-state index in [9.17, 15) is 26.7 Å². The molecule has 1 fully saturated rings. The molecule has 10 heteroatoms. The number of alkyl halides is 3. The molecule has 0 radical (unpaired) electrons. The summed E-state index contributed by atoms with van der Waals surface area (Å²) in [5.41, 5.74) is -1.18. The van der Waals surface area contributed by atoms with Gasteiger partial charge in [-0.15, -0.1) is 0 Å². The van der Waals surface area contributed by atoms with E-state index in [0.29, 0.717) is 5.82 Å². The predicted molar refractivity (Wildman–Crippen MR) is 87.3 cm³/mol. The smallest absolute Gasteiger partial charge is 0.394 e.